The Morgan fingerprint density at radius 2 is 2.00 bits per heavy atom. The second-order valence-electron chi connectivity index (χ2n) is 5.15. The van der Waals surface area contributed by atoms with Crippen LogP contribution in [0.15, 0.2) is 30.3 Å². The van der Waals surface area contributed by atoms with Gasteiger partial charge in [-0.1, -0.05) is 30.3 Å². The van der Waals surface area contributed by atoms with Crippen LogP contribution in [0.2, 0.25) is 0 Å². The Kier molecular flexibility index (Phi) is 4.96. The highest BCUT2D eigenvalue weighted by molar-refractivity contribution is 7.89. The minimum Gasteiger partial charge on any atom is -0.330 e. The van der Waals surface area contributed by atoms with Gasteiger partial charge < -0.3 is 5.73 Å². The van der Waals surface area contributed by atoms with E-state index in [9.17, 15) is 8.42 Å². The Morgan fingerprint density at radius 1 is 1.26 bits per heavy atom. The lowest BCUT2D eigenvalue weighted by Crippen LogP contribution is -2.43. The van der Waals surface area contributed by atoms with E-state index in [1.165, 1.54) is 0 Å². The predicted molar refractivity (Wildman–Crippen MR) is 77.3 cm³/mol. The fraction of sp³-hybridized carbons (Fsp3) is 0.571. The predicted octanol–water partition coefficient (Wildman–Crippen LogP) is 1.23. The number of nitrogens with two attached hydrogens (primary N) is 1. The molecule has 0 spiro atoms. The molecule has 2 rings (SSSR count). The molecule has 0 saturated carbocycles. The van der Waals surface area contributed by atoms with Crippen molar-refractivity contribution in [3.63, 3.8) is 0 Å². The van der Waals surface area contributed by atoms with E-state index in [-0.39, 0.29) is 5.75 Å². The van der Waals surface area contributed by atoms with E-state index in [1.807, 2.05) is 30.3 Å². The number of benzene rings is 1. The first-order valence-electron chi connectivity index (χ1n) is 6.83. The monoisotopic (exact) mass is 282 g/mol. The van der Waals surface area contributed by atoms with E-state index in [2.05, 4.69) is 0 Å². The summed E-state index contributed by atoms with van der Waals surface area (Å²) in [6.45, 7) is 1.81. The van der Waals surface area contributed by atoms with Crippen molar-refractivity contribution in [1.29, 1.82) is 0 Å². The summed E-state index contributed by atoms with van der Waals surface area (Å²) in [6.07, 6.45) is 2.54. The summed E-state index contributed by atoms with van der Waals surface area (Å²) in [7, 11) is -3.15. The van der Waals surface area contributed by atoms with Crippen molar-refractivity contribution >= 4 is 10.0 Å². The molecule has 1 aliphatic rings. The van der Waals surface area contributed by atoms with Crippen molar-refractivity contribution in [3.05, 3.63) is 35.9 Å². The Morgan fingerprint density at radius 3 is 2.68 bits per heavy atom. The van der Waals surface area contributed by atoms with Gasteiger partial charge in [-0.3, -0.25) is 0 Å². The van der Waals surface area contributed by atoms with Gasteiger partial charge in [0.25, 0.3) is 0 Å². The van der Waals surface area contributed by atoms with Gasteiger partial charge in [-0.15, -0.1) is 0 Å². The number of piperidine rings is 1. The molecule has 1 aromatic rings. The highest BCUT2D eigenvalue weighted by Crippen LogP contribution is 2.19. The number of aryl methyl sites for hydroxylation is 1. The van der Waals surface area contributed by atoms with Gasteiger partial charge in [-0.05, 0) is 37.3 Å². The molecule has 0 aliphatic carbocycles. The second kappa shape index (κ2) is 6.50. The van der Waals surface area contributed by atoms with Crippen LogP contribution < -0.4 is 5.73 Å². The van der Waals surface area contributed by atoms with Crippen LogP contribution in [-0.4, -0.2) is 38.1 Å². The van der Waals surface area contributed by atoms with Crippen LogP contribution in [-0.2, 0) is 16.4 Å². The molecule has 1 heterocycles. The first-order valence-corrected chi connectivity index (χ1v) is 8.44. The number of sulfonamides is 1. The molecule has 0 bridgehead atoms. The molecule has 1 fully saturated rings. The molecule has 5 heteroatoms. The molecule has 1 aromatic carbocycles. The van der Waals surface area contributed by atoms with Crippen LogP contribution in [0.3, 0.4) is 0 Å². The number of nitrogens with zero attached hydrogens (tertiary/aromatic N) is 1. The zero-order valence-corrected chi connectivity index (χ0v) is 12.0. The van der Waals surface area contributed by atoms with Gasteiger partial charge in [-0.25, -0.2) is 12.7 Å². The summed E-state index contributed by atoms with van der Waals surface area (Å²) in [6, 6.07) is 9.75. The van der Waals surface area contributed by atoms with E-state index >= 15 is 0 Å². The molecule has 1 atom stereocenters. The van der Waals surface area contributed by atoms with Crippen LogP contribution in [0.1, 0.15) is 18.4 Å². The largest absolute Gasteiger partial charge is 0.330 e. The summed E-state index contributed by atoms with van der Waals surface area (Å²) in [5, 5.41) is 0. The molecule has 4 nitrogen and oxygen atoms in total. The van der Waals surface area contributed by atoms with E-state index in [1.54, 1.807) is 4.31 Å². The van der Waals surface area contributed by atoms with E-state index < -0.39 is 10.0 Å². The minimum atomic E-state index is -3.15. The van der Waals surface area contributed by atoms with Gasteiger partial charge in [0, 0.05) is 13.1 Å². The topological polar surface area (TPSA) is 63.4 Å². The zero-order valence-electron chi connectivity index (χ0n) is 11.2. The molecule has 0 radical (unpaired) electrons. The van der Waals surface area contributed by atoms with Crippen molar-refractivity contribution in [2.75, 3.05) is 25.4 Å². The molecule has 1 unspecified atom stereocenters. The molecule has 1 saturated heterocycles. The van der Waals surface area contributed by atoms with Crippen molar-refractivity contribution in [2.45, 2.75) is 19.3 Å². The van der Waals surface area contributed by atoms with Crippen LogP contribution in [0.25, 0.3) is 0 Å². The highest BCUT2D eigenvalue weighted by atomic mass is 32.2. The van der Waals surface area contributed by atoms with Crippen molar-refractivity contribution in [1.82, 2.24) is 4.31 Å². The van der Waals surface area contributed by atoms with Gasteiger partial charge in [0.1, 0.15) is 0 Å². The Hall–Kier alpha value is -0.910. The Bertz CT molecular complexity index is 487. The summed E-state index contributed by atoms with van der Waals surface area (Å²) in [4.78, 5) is 0. The van der Waals surface area contributed by atoms with Crippen LogP contribution in [0.4, 0.5) is 0 Å². The molecule has 19 heavy (non-hydrogen) atoms. The smallest absolute Gasteiger partial charge is 0.214 e. The molecular weight excluding hydrogens is 260 g/mol. The fourth-order valence-electron chi connectivity index (χ4n) is 2.49. The van der Waals surface area contributed by atoms with E-state index in [0.29, 0.717) is 32.0 Å². The van der Waals surface area contributed by atoms with Gasteiger partial charge in [0.05, 0.1) is 5.75 Å². The van der Waals surface area contributed by atoms with E-state index in [0.717, 1.165) is 18.4 Å². The molecular formula is C14H22N2O2S. The lowest BCUT2D eigenvalue weighted by Gasteiger charge is -2.31. The Labute approximate surface area is 115 Å². The third kappa shape index (κ3) is 4.03. The van der Waals surface area contributed by atoms with Crippen LogP contribution >= 0.6 is 0 Å². The third-order valence-corrected chi connectivity index (χ3v) is 5.54. The third-order valence-electron chi connectivity index (χ3n) is 3.70. The molecule has 106 valence electrons. The lowest BCUT2D eigenvalue weighted by molar-refractivity contribution is 0.271. The van der Waals surface area contributed by atoms with E-state index in [4.69, 9.17) is 5.73 Å². The van der Waals surface area contributed by atoms with Crippen molar-refractivity contribution in [2.24, 2.45) is 11.7 Å². The first kappa shape index (κ1) is 14.5. The zero-order chi connectivity index (χ0) is 13.7. The maximum atomic E-state index is 12.3. The summed E-state index contributed by atoms with van der Waals surface area (Å²) >= 11 is 0. The molecule has 0 aromatic heterocycles. The molecule has 2 N–H and O–H groups in total. The normalized spacial score (nSPS) is 21.4. The summed E-state index contributed by atoms with van der Waals surface area (Å²) in [5.41, 5.74) is 6.72. The second-order valence-corrected chi connectivity index (χ2v) is 7.24. The minimum absolute atomic E-state index is 0.189. The lowest BCUT2D eigenvalue weighted by atomic mass is 10.0. The SMILES string of the molecule is NCC1CCCN(S(=O)(=O)CCc2ccccc2)C1. The van der Waals surface area contributed by atoms with Crippen molar-refractivity contribution < 1.29 is 8.42 Å². The van der Waals surface area contributed by atoms with Crippen molar-refractivity contribution in [3.8, 4) is 0 Å². The standard InChI is InChI=1S/C14H22N2O2S/c15-11-14-7-4-9-16(12-14)19(17,18)10-8-13-5-2-1-3-6-13/h1-3,5-6,14H,4,7-12,15H2. The average molecular weight is 282 g/mol. The van der Waals surface area contributed by atoms with Crippen LogP contribution in [0, 0.1) is 5.92 Å². The number of hydrogen-bond donors (Lipinski definition) is 1. The quantitative estimate of drug-likeness (QED) is 0.883. The number of hydrogen-bond acceptors (Lipinski definition) is 3. The van der Waals surface area contributed by atoms with Gasteiger partial charge >= 0.3 is 0 Å². The highest BCUT2D eigenvalue weighted by Gasteiger charge is 2.27. The molecule has 1 aliphatic heterocycles. The van der Waals surface area contributed by atoms with Gasteiger partial charge in [0.2, 0.25) is 10.0 Å². The van der Waals surface area contributed by atoms with Gasteiger partial charge in [-0.2, -0.15) is 0 Å². The summed E-state index contributed by atoms with van der Waals surface area (Å²) in [5.74, 6) is 0.508. The first-order chi connectivity index (χ1) is 9.12. The fourth-order valence-corrected chi connectivity index (χ4v) is 4.09. The van der Waals surface area contributed by atoms with Crippen LogP contribution in [0.5, 0.6) is 0 Å². The maximum Gasteiger partial charge on any atom is 0.214 e. The average Bonchev–Trinajstić information content (AvgIpc) is 2.46. The molecule has 0 amide bonds. The Balaban J connectivity index is 1.94. The van der Waals surface area contributed by atoms with Gasteiger partial charge in [0.15, 0.2) is 0 Å². The maximum absolute atomic E-state index is 12.3. The number of rotatable bonds is 5. The summed E-state index contributed by atoms with van der Waals surface area (Å²) < 4.78 is 26.2.